The number of hydrogen-bond acceptors (Lipinski definition) is 2. The number of alkyl halides is 1. The van der Waals surface area contributed by atoms with Crippen LogP contribution < -0.4 is 9.80 Å². The van der Waals surface area contributed by atoms with Gasteiger partial charge in [0.05, 0.1) is 11.4 Å². The molecule has 0 spiro atoms. The summed E-state index contributed by atoms with van der Waals surface area (Å²) in [5.74, 6) is -0.0550. The van der Waals surface area contributed by atoms with Crippen molar-refractivity contribution in [2.75, 3.05) is 22.9 Å². The Kier molecular flexibility index (Phi) is 3.35. The number of anilines is 2. The molecule has 2 aliphatic rings. The normalized spacial score (nSPS) is 20.2. The van der Waals surface area contributed by atoms with Gasteiger partial charge in [0.2, 0.25) is 5.91 Å². The third kappa shape index (κ3) is 2.41. The number of carbonyl (C=O) groups excluding carboxylic acids is 1. The monoisotopic (exact) mass is 298 g/mol. The van der Waals surface area contributed by atoms with E-state index in [0.717, 1.165) is 17.9 Å². The average Bonchev–Trinajstić information content (AvgIpc) is 3.20. The summed E-state index contributed by atoms with van der Waals surface area (Å²) in [6, 6.07) is 6.38. The molecule has 3 nitrogen and oxygen atoms in total. The Morgan fingerprint density at radius 3 is 2.68 bits per heavy atom. The van der Waals surface area contributed by atoms with Crippen molar-refractivity contribution in [2.45, 2.75) is 31.2 Å². The van der Waals surface area contributed by atoms with Gasteiger partial charge in [-0.05, 0) is 38.0 Å². The molecule has 1 saturated carbocycles. The first-order chi connectivity index (χ1) is 9.08. The van der Waals surface area contributed by atoms with E-state index in [-0.39, 0.29) is 5.91 Å². The van der Waals surface area contributed by atoms with Crippen molar-refractivity contribution in [2.24, 2.45) is 0 Å². The zero-order chi connectivity index (χ0) is 13.6. The van der Waals surface area contributed by atoms with E-state index >= 15 is 0 Å². The quantitative estimate of drug-likeness (QED) is 0.782. The minimum atomic E-state index is -0.515. The van der Waals surface area contributed by atoms with E-state index in [0.29, 0.717) is 17.6 Å². The molecule has 5 heteroatoms. The fourth-order valence-corrected chi connectivity index (χ4v) is 2.90. The standard InChI is InChI=1S/C14H16Cl2N2O/c1-9(15)14(19)18-7-6-17(11-3-4-11)12-5-2-10(16)8-13(12)18/h2,5,8-9,11H,3-4,6-7H2,1H3. The van der Waals surface area contributed by atoms with Crippen molar-refractivity contribution in [3.05, 3.63) is 23.2 Å². The van der Waals surface area contributed by atoms with E-state index in [2.05, 4.69) is 4.90 Å². The summed E-state index contributed by atoms with van der Waals surface area (Å²) in [6.45, 7) is 3.26. The lowest BCUT2D eigenvalue weighted by Gasteiger charge is -2.38. The summed E-state index contributed by atoms with van der Waals surface area (Å²) in [6.07, 6.45) is 2.48. The van der Waals surface area contributed by atoms with Crippen LogP contribution in [0.5, 0.6) is 0 Å². The zero-order valence-corrected chi connectivity index (χ0v) is 12.3. The molecule has 0 N–H and O–H groups in total. The van der Waals surface area contributed by atoms with Crippen LogP contribution in [0, 0.1) is 0 Å². The smallest absolute Gasteiger partial charge is 0.244 e. The van der Waals surface area contributed by atoms with Gasteiger partial charge in [0.15, 0.2) is 0 Å². The highest BCUT2D eigenvalue weighted by molar-refractivity contribution is 6.33. The van der Waals surface area contributed by atoms with Crippen LogP contribution in [0.3, 0.4) is 0 Å². The van der Waals surface area contributed by atoms with Gasteiger partial charge in [-0.2, -0.15) is 0 Å². The van der Waals surface area contributed by atoms with E-state index < -0.39 is 5.38 Å². The molecule has 19 heavy (non-hydrogen) atoms. The van der Waals surface area contributed by atoms with Gasteiger partial charge in [-0.1, -0.05) is 11.6 Å². The van der Waals surface area contributed by atoms with E-state index in [4.69, 9.17) is 23.2 Å². The summed E-state index contributed by atoms with van der Waals surface area (Å²) < 4.78 is 0. The highest BCUT2D eigenvalue weighted by atomic mass is 35.5. The predicted octanol–water partition coefficient (Wildman–Crippen LogP) is 3.28. The Morgan fingerprint density at radius 1 is 1.32 bits per heavy atom. The minimum absolute atomic E-state index is 0.0550. The molecule has 1 amide bonds. The molecule has 0 saturated heterocycles. The maximum absolute atomic E-state index is 12.2. The van der Waals surface area contributed by atoms with E-state index in [1.54, 1.807) is 11.8 Å². The van der Waals surface area contributed by atoms with Crippen molar-refractivity contribution < 1.29 is 4.79 Å². The number of amides is 1. The topological polar surface area (TPSA) is 23.6 Å². The summed E-state index contributed by atoms with van der Waals surface area (Å²) in [5, 5.41) is 0.135. The van der Waals surface area contributed by atoms with E-state index in [1.165, 1.54) is 12.8 Å². The van der Waals surface area contributed by atoms with Crippen LogP contribution in [0.1, 0.15) is 19.8 Å². The molecule has 0 radical (unpaired) electrons. The van der Waals surface area contributed by atoms with Crippen LogP contribution in [0.2, 0.25) is 5.02 Å². The minimum Gasteiger partial charge on any atom is -0.365 e. The number of rotatable bonds is 2. The molecule has 0 bridgehead atoms. The SMILES string of the molecule is CC(Cl)C(=O)N1CCN(C2CC2)c2ccc(Cl)cc21. The maximum Gasteiger partial charge on any atom is 0.244 e. The van der Waals surface area contributed by atoms with Crippen LogP contribution in [0.4, 0.5) is 11.4 Å². The van der Waals surface area contributed by atoms with Crippen molar-refractivity contribution in [3.8, 4) is 0 Å². The molecule has 1 aromatic rings. The number of hydrogen-bond donors (Lipinski definition) is 0. The first-order valence-electron chi connectivity index (χ1n) is 6.59. The zero-order valence-electron chi connectivity index (χ0n) is 10.8. The molecular weight excluding hydrogens is 283 g/mol. The molecule has 102 valence electrons. The number of nitrogens with zero attached hydrogens (tertiary/aromatic N) is 2. The van der Waals surface area contributed by atoms with Gasteiger partial charge in [0.1, 0.15) is 5.38 Å². The Labute approximate surface area is 123 Å². The third-order valence-electron chi connectivity index (χ3n) is 3.70. The number of carbonyl (C=O) groups is 1. The molecular formula is C14H16Cl2N2O. The lowest BCUT2D eigenvalue weighted by atomic mass is 10.1. The Bertz CT molecular complexity index is 514. The molecule has 1 aliphatic carbocycles. The second kappa shape index (κ2) is 4.88. The second-order valence-electron chi connectivity index (χ2n) is 5.16. The number of fused-ring (bicyclic) bond motifs is 1. The molecule has 1 aliphatic heterocycles. The summed E-state index contributed by atoms with van der Waals surface area (Å²) >= 11 is 12.0. The largest absolute Gasteiger partial charge is 0.365 e. The lowest BCUT2D eigenvalue weighted by molar-refractivity contribution is -0.118. The Balaban J connectivity index is 2.00. The van der Waals surface area contributed by atoms with Crippen LogP contribution in [-0.4, -0.2) is 30.4 Å². The van der Waals surface area contributed by atoms with Gasteiger partial charge in [0, 0.05) is 24.2 Å². The highest BCUT2D eigenvalue weighted by Crippen LogP contribution is 2.41. The molecule has 0 aromatic heterocycles. The molecule has 1 aromatic carbocycles. The van der Waals surface area contributed by atoms with Gasteiger partial charge in [-0.3, -0.25) is 4.79 Å². The average molecular weight is 299 g/mol. The fraction of sp³-hybridized carbons (Fsp3) is 0.500. The van der Waals surface area contributed by atoms with Gasteiger partial charge >= 0.3 is 0 Å². The summed E-state index contributed by atoms with van der Waals surface area (Å²) in [4.78, 5) is 16.3. The molecule has 1 unspecified atom stereocenters. The second-order valence-corrected chi connectivity index (χ2v) is 6.25. The van der Waals surface area contributed by atoms with Gasteiger partial charge in [-0.15, -0.1) is 11.6 Å². The highest BCUT2D eigenvalue weighted by Gasteiger charge is 2.36. The Morgan fingerprint density at radius 2 is 2.05 bits per heavy atom. The maximum atomic E-state index is 12.2. The summed E-state index contributed by atoms with van der Waals surface area (Å²) in [7, 11) is 0. The van der Waals surface area contributed by atoms with Gasteiger partial charge in [-0.25, -0.2) is 0 Å². The fourth-order valence-electron chi connectivity index (χ4n) is 2.61. The predicted molar refractivity (Wildman–Crippen MR) is 79.5 cm³/mol. The van der Waals surface area contributed by atoms with Crippen molar-refractivity contribution in [1.82, 2.24) is 0 Å². The van der Waals surface area contributed by atoms with Gasteiger partial charge < -0.3 is 9.80 Å². The first kappa shape index (κ1) is 13.1. The first-order valence-corrected chi connectivity index (χ1v) is 7.41. The van der Waals surface area contributed by atoms with Crippen LogP contribution >= 0.6 is 23.2 Å². The molecule has 1 atom stereocenters. The van der Waals surface area contributed by atoms with Gasteiger partial charge in [0.25, 0.3) is 0 Å². The van der Waals surface area contributed by atoms with E-state index in [1.807, 2.05) is 18.2 Å². The molecule has 3 rings (SSSR count). The summed E-state index contributed by atoms with van der Waals surface area (Å²) in [5.41, 5.74) is 1.99. The Hall–Kier alpha value is -0.930. The van der Waals surface area contributed by atoms with Crippen molar-refractivity contribution in [1.29, 1.82) is 0 Å². The van der Waals surface area contributed by atoms with Crippen molar-refractivity contribution in [3.63, 3.8) is 0 Å². The van der Waals surface area contributed by atoms with Crippen LogP contribution in [0.25, 0.3) is 0 Å². The van der Waals surface area contributed by atoms with Crippen molar-refractivity contribution >= 4 is 40.5 Å². The molecule has 1 heterocycles. The number of halogens is 2. The van der Waals surface area contributed by atoms with E-state index in [9.17, 15) is 4.79 Å². The van der Waals surface area contributed by atoms with Crippen LogP contribution in [0.15, 0.2) is 18.2 Å². The van der Waals surface area contributed by atoms with Crippen LogP contribution in [-0.2, 0) is 4.79 Å². The number of benzene rings is 1. The lowest BCUT2D eigenvalue weighted by Crippen LogP contribution is -2.47. The third-order valence-corrected chi connectivity index (χ3v) is 4.12. The molecule has 1 fully saturated rings.